The molecule has 16 heavy (non-hydrogen) atoms. The molecule has 0 aromatic heterocycles. The quantitative estimate of drug-likeness (QED) is 0.531. The van der Waals surface area contributed by atoms with Crippen molar-refractivity contribution in [3.8, 4) is 0 Å². The maximum absolute atomic E-state index is 3.49. The predicted molar refractivity (Wildman–Crippen MR) is 73.9 cm³/mol. The molecule has 0 aliphatic carbocycles. The third-order valence-corrected chi connectivity index (χ3v) is 3.50. The highest BCUT2D eigenvalue weighted by molar-refractivity contribution is 4.57. The van der Waals surface area contributed by atoms with Crippen molar-refractivity contribution in [2.24, 2.45) is 11.8 Å². The van der Waals surface area contributed by atoms with Gasteiger partial charge in [0.15, 0.2) is 0 Å². The number of rotatable bonds is 11. The average Bonchev–Trinajstić information content (AvgIpc) is 2.31. The van der Waals surface area contributed by atoms with Crippen LogP contribution in [0.5, 0.6) is 0 Å². The fourth-order valence-electron chi connectivity index (χ4n) is 1.53. The molecule has 0 fully saturated rings. The van der Waals surface area contributed by atoms with Crippen molar-refractivity contribution in [2.45, 2.75) is 53.4 Å². The lowest BCUT2D eigenvalue weighted by Crippen LogP contribution is -2.29. The van der Waals surface area contributed by atoms with Gasteiger partial charge in [-0.1, -0.05) is 40.5 Å². The van der Waals surface area contributed by atoms with E-state index in [4.69, 9.17) is 0 Å². The molecule has 0 saturated heterocycles. The Hall–Kier alpha value is -0.0800. The first kappa shape index (κ1) is 15.9. The van der Waals surface area contributed by atoms with E-state index in [9.17, 15) is 0 Å². The Morgan fingerprint density at radius 2 is 1.06 bits per heavy atom. The van der Waals surface area contributed by atoms with Gasteiger partial charge in [-0.2, -0.15) is 0 Å². The van der Waals surface area contributed by atoms with Gasteiger partial charge in [-0.15, -0.1) is 0 Å². The van der Waals surface area contributed by atoms with Crippen LogP contribution in [0.1, 0.15) is 53.4 Å². The van der Waals surface area contributed by atoms with Gasteiger partial charge in [0, 0.05) is 13.1 Å². The zero-order chi connectivity index (χ0) is 12.2. The van der Waals surface area contributed by atoms with Crippen LogP contribution in [0.3, 0.4) is 0 Å². The number of nitrogens with one attached hydrogen (secondary N) is 2. The van der Waals surface area contributed by atoms with Crippen LogP contribution in [0.2, 0.25) is 0 Å². The SMILES string of the molecule is CCC(C)CCNCCNCCC(C)CC. The van der Waals surface area contributed by atoms with Gasteiger partial charge in [-0.3, -0.25) is 0 Å². The molecule has 0 aromatic rings. The maximum atomic E-state index is 3.49. The van der Waals surface area contributed by atoms with E-state index >= 15 is 0 Å². The van der Waals surface area contributed by atoms with Gasteiger partial charge in [0.05, 0.1) is 0 Å². The molecule has 98 valence electrons. The van der Waals surface area contributed by atoms with E-state index in [1.54, 1.807) is 0 Å². The van der Waals surface area contributed by atoms with Gasteiger partial charge in [0.2, 0.25) is 0 Å². The van der Waals surface area contributed by atoms with Gasteiger partial charge in [0.25, 0.3) is 0 Å². The molecule has 0 rings (SSSR count). The average molecular weight is 228 g/mol. The molecule has 0 saturated carbocycles. The fourth-order valence-corrected chi connectivity index (χ4v) is 1.53. The molecule has 2 unspecified atom stereocenters. The van der Waals surface area contributed by atoms with Gasteiger partial charge in [-0.25, -0.2) is 0 Å². The van der Waals surface area contributed by atoms with E-state index in [1.165, 1.54) is 38.8 Å². The molecule has 0 aliphatic rings. The summed E-state index contributed by atoms with van der Waals surface area (Å²) >= 11 is 0. The van der Waals surface area contributed by atoms with Crippen LogP contribution >= 0.6 is 0 Å². The van der Waals surface area contributed by atoms with Crippen LogP contribution in [-0.2, 0) is 0 Å². The van der Waals surface area contributed by atoms with Crippen molar-refractivity contribution in [3.05, 3.63) is 0 Å². The van der Waals surface area contributed by atoms with Gasteiger partial charge in [0.1, 0.15) is 0 Å². The first-order valence-electron chi connectivity index (χ1n) is 7.12. The van der Waals surface area contributed by atoms with E-state index in [1.807, 2.05) is 0 Å². The van der Waals surface area contributed by atoms with Crippen molar-refractivity contribution >= 4 is 0 Å². The molecule has 0 heterocycles. The monoisotopic (exact) mass is 228 g/mol. The minimum atomic E-state index is 0.867. The van der Waals surface area contributed by atoms with Crippen molar-refractivity contribution in [1.82, 2.24) is 10.6 Å². The highest BCUT2D eigenvalue weighted by atomic mass is 14.9. The topological polar surface area (TPSA) is 24.1 Å². The summed E-state index contributed by atoms with van der Waals surface area (Å²) in [5.41, 5.74) is 0. The van der Waals surface area contributed by atoms with Gasteiger partial charge < -0.3 is 10.6 Å². The Bertz CT molecular complexity index is 121. The summed E-state index contributed by atoms with van der Waals surface area (Å²) in [4.78, 5) is 0. The standard InChI is InChI=1S/C14H32N2/c1-5-13(3)7-9-15-11-12-16-10-8-14(4)6-2/h13-16H,5-12H2,1-4H3. The van der Waals surface area contributed by atoms with Crippen LogP contribution in [0.4, 0.5) is 0 Å². The van der Waals surface area contributed by atoms with Crippen molar-refractivity contribution < 1.29 is 0 Å². The summed E-state index contributed by atoms with van der Waals surface area (Å²) in [6, 6.07) is 0. The van der Waals surface area contributed by atoms with E-state index in [0.717, 1.165) is 24.9 Å². The lowest BCUT2D eigenvalue weighted by atomic mass is 10.1. The normalized spacial score (nSPS) is 15.0. The highest BCUT2D eigenvalue weighted by Crippen LogP contribution is 2.04. The Balaban J connectivity index is 3.04. The third-order valence-electron chi connectivity index (χ3n) is 3.50. The Morgan fingerprint density at radius 1 is 0.688 bits per heavy atom. The van der Waals surface area contributed by atoms with Gasteiger partial charge in [-0.05, 0) is 37.8 Å². The Morgan fingerprint density at radius 3 is 1.38 bits per heavy atom. The molecule has 0 aliphatic heterocycles. The number of hydrogen-bond acceptors (Lipinski definition) is 2. The minimum absolute atomic E-state index is 0.867. The summed E-state index contributed by atoms with van der Waals surface area (Å²) < 4.78 is 0. The summed E-state index contributed by atoms with van der Waals surface area (Å²) in [7, 11) is 0. The van der Waals surface area contributed by atoms with Crippen LogP contribution in [-0.4, -0.2) is 26.2 Å². The zero-order valence-corrected chi connectivity index (χ0v) is 11.8. The summed E-state index contributed by atoms with van der Waals surface area (Å²) in [6.45, 7) is 13.7. The lowest BCUT2D eigenvalue weighted by Gasteiger charge is -2.11. The number of hydrogen-bond donors (Lipinski definition) is 2. The second-order valence-electron chi connectivity index (χ2n) is 5.10. The van der Waals surface area contributed by atoms with Crippen LogP contribution < -0.4 is 10.6 Å². The Kier molecular flexibility index (Phi) is 11.3. The Labute approximate surface area is 103 Å². The summed E-state index contributed by atoms with van der Waals surface area (Å²) in [6.07, 6.45) is 5.22. The molecule has 2 atom stereocenters. The second kappa shape index (κ2) is 11.4. The second-order valence-corrected chi connectivity index (χ2v) is 5.10. The van der Waals surface area contributed by atoms with E-state index in [2.05, 4.69) is 38.3 Å². The molecular formula is C14H32N2. The molecule has 0 radical (unpaired) electrons. The smallest absolute Gasteiger partial charge is 0.00767 e. The third kappa shape index (κ3) is 10.4. The summed E-state index contributed by atoms with van der Waals surface area (Å²) in [5, 5.41) is 6.98. The first-order chi connectivity index (χ1) is 7.70. The molecule has 0 bridgehead atoms. The van der Waals surface area contributed by atoms with E-state index in [0.29, 0.717) is 0 Å². The van der Waals surface area contributed by atoms with E-state index < -0.39 is 0 Å². The maximum Gasteiger partial charge on any atom is 0.00767 e. The van der Waals surface area contributed by atoms with Crippen molar-refractivity contribution in [3.63, 3.8) is 0 Å². The first-order valence-corrected chi connectivity index (χ1v) is 7.12. The van der Waals surface area contributed by atoms with Crippen LogP contribution in [0, 0.1) is 11.8 Å². The van der Waals surface area contributed by atoms with Crippen LogP contribution in [0.15, 0.2) is 0 Å². The summed E-state index contributed by atoms with van der Waals surface area (Å²) in [5.74, 6) is 1.73. The molecule has 2 heteroatoms. The molecule has 0 amide bonds. The minimum Gasteiger partial charge on any atom is -0.315 e. The zero-order valence-electron chi connectivity index (χ0n) is 11.8. The van der Waals surface area contributed by atoms with Crippen LogP contribution in [0.25, 0.3) is 0 Å². The largest absolute Gasteiger partial charge is 0.315 e. The fraction of sp³-hybridized carbons (Fsp3) is 1.00. The highest BCUT2D eigenvalue weighted by Gasteiger charge is 1.98. The lowest BCUT2D eigenvalue weighted by molar-refractivity contribution is 0.468. The van der Waals surface area contributed by atoms with E-state index in [-0.39, 0.29) is 0 Å². The molecule has 0 spiro atoms. The molecule has 2 N–H and O–H groups in total. The molecule has 0 aromatic carbocycles. The van der Waals surface area contributed by atoms with Gasteiger partial charge >= 0.3 is 0 Å². The predicted octanol–water partition coefficient (Wildman–Crippen LogP) is 3.04. The van der Waals surface area contributed by atoms with Crippen molar-refractivity contribution in [1.29, 1.82) is 0 Å². The van der Waals surface area contributed by atoms with Crippen molar-refractivity contribution in [2.75, 3.05) is 26.2 Å². The molecule has 2 nitrogen and oxygen atoms in total. The molecular weight excluding hydrogens is 196 g/mol.